The molecule has 1 fully saturated rings. The standard InChI is InChI=1S/C25H23ClFN3O4S/c1-35(32,33)30(12-2-3-22(26)31)20-14-21-19(13-18(20)15-4-5-15)23(25-28-10-11-29-25)24(34-21)16-6-8-17(27)9-7-16/h6-11,13-15H,2-5,12H2,1H3,(H,28,29). The van der Waals surface area contributed by atoms with Gasteiger partial charge < -0.3 is 9.40 Å². The second kappa shape index (κ2) is 9.13. The maximum absolute atomic E-state index is 13.6. The lowest BCUT2D eigenvalue weighted by Crippen LogP contribution is -2.31. The van der Waals surface area contributed by atoms with E-state index < -0.39 is 15.3 Å². The highest BCUT2D eigenvalue weighted by Gasteiger charge is 2.32. The number of carbonyl (C=O) groups excluding carboxylic acids is 1. The topological polar surface area (TPSA) is 96.3 Å². The van der Waals surface area contributed by atoms with Crippen molar-refractivity contribution in [2.75, 3.05) is 17.1 Å². The first-order valence-corrected chi connectivity index (χ1v) is 13.5. The number of benzene rings is 2. The summed E-state index contributed by atoms with van der Waals surface area (Å²) in [6.45, 7) is 0.124. The molecule has 5 rings (SSSR count). The Balaban J connectivity index is 1.71. The van der Waals surface area contributed by atoms with Crippen LogP contribution in [-0.2, 0) is 14.8 Å². The number of hydrogen-bond donors (Lipinski definition) is 1. The summed E-state index contributed by atoms with van der Waals surface area (Å²) >= 11 is 5.47. The van der Waals surface area contributed by atoms with Crippen molar-refractivity contribution in [2.24, 2.45) is 0 Å². The summed E-state index contributed by atoms with van der Waals surface area (Å²) in [4.78, 5) is 18.8. The third kappa shape index (κ3) is 4.83. The lowest BCUT2D eigenvalue weighted by molar-refractivity contribution is -0.111. The summed E-state index contributed by atoms with van der Waals surface area (Å²) in [5.41, 5.74) is 3.32. The minimum absolute atomic E-state index is 0.0761. The summed E-state index contributed by atoms with van der Waals surface area (Å²) in [7, 11) is -3.64. The molecule has 0 amide bonds. The van der Waals surface area contributed by atoms with Crippen LogP contribution >= 0.6 is 11.6 Å². The van der Waals surface area contributed by atoms with Crippen LogP contribution in [0.5, 0.6) is 0 Å². The van der Waals surface area contributed by atoms with E-state index in [-0.39, 0.29) is 24.7 Å². The molecule has 1 aliphatic carbocycles. The van der Waals surface area contributed by atoms with Gasteiger partial charge in [0.1, 0.15) is 23.0 Å². The molecule has 1 N–H and O–H groups in total. The molecule has 0 radical (unpaired) electrons. The van der Waals surface area contributed by atoms with Gasteiger partial charge in [-0.3, -0.25) is 9.10 Å². The first kappa shape index (κ1) is 23.6. The van der Waals surface area contributed by atoms with E-state index in [1.807, 2.05) is 6.07 Å². The quantitative estimate of drug-likeness (QED) is 0.283. The number of carbonyl (C=O) groups is 1. The van der Waals surface area contributed by atoms with Crippen LogP contribution in [0.25, 0.3) is 33.7 Å². The normalized spacial score (nSPS) is 13.9. The summed E-state index contributed by atoms with van der Waals surface area (Å²) in [5.74, 6) is 0.967. The van der Waals surface area contributed by atoms with E-state index >= 15 is 0 Å². The van der Waals surface area contributed by atoms with Gasteiger partial charge in [-0.15, -0.1) is 0 Å². The van der Waals surface area contributed by atoms with Crippen LogP contribution in [0.1, 0.15) is 37.2 Å². The third-order valence-corrected chi connectivity index (χ3v) is 7.47. The molecule has 0 saturated heterocycles. The Morgan fingerprint density at radius 3 is 2.60 bits per heavy atom. The van der Waals surface area contributed by atoms with E-state index in [2.05, 4.69) is 9.97 Å². The molecule has 4 aromatic rings. The van der Waals surface area contributed by atoms with E-state index in [4.69, 9.17) is 16.0 Å². The van der Waals surface area contributed by atoms with Crippen molar-refractivity contribution in [3.8, 4) is 22.7 Å². The van der Waals surface area contributed by atoms with Crippen LogP contribution < -0.4 is 4.31 Å². The maximum atomic E-state index is 13.6. The van der Waals surface area contributed by atoms with Crippen molar-refractivity contribution in [1.82, 2.24) is 9.97 Å². The van der Waals surface area contributed by atoms with E-state index in [1.165, 1.54) is 16.4 Å². The molecule has 0 atom stereocenters. The smallest absolute Gasteiger partial charge is 0.232 e. The molecule has 7 nitrogen and oxygen atoms in total. The van der Waals surface area contributed by atoms with Crippen LogP contribution in [0, 0.1) is 5.82 Å². The highest BCUT2D eigenvalue weighted by molar-refractivity contribution is 7.92. The minimum atomic E-state index is -3.64. The van der Waals surface area contributed by atoms with E-state index in [1.54, 1.807) is 30.6 Å². The van der Waals surface area contributed by atoms with Gasteiger partial charge in [0.25, 0.3) is 0 Å². The summed E-state index contributed by atoms with van der Waals surface area (Å²) in [6, 6.07) is 9.70. The molecule has 2 heterocycles. The second-order valence-electron chi connectivity index (χ2n) is 8.73. The Labute approximate surface area is 207 Å². The molecule has 2 aromatic carbocycles. The molecule has 1 aliphatic rings. The monoisotopic (exact) mass is 515 g/mol. The Hall–Kier alpha value is -3.17. The summed E-state index contributed by atoms with van der Waals surface area (Å²) in [6.07, 6.45) is 6.78. The first-order chi connectivity index (χ1) is 16.7. The van der Waals surface area contributed by atoms with E-state index in [0.29, 0.717) is 34.8 Å². The van der Waals surface area contributed by atoms with Crippen molar-refractivity contribution in [3.05, 3.63) is 60.2 Å². The summed E-state index contributed by atoms with van der Waals surface area (Å²) < 4.78 is 46.7. The number of nitrogens with one attached hydrogen (secondary N) is 1. The summed E-state index contributed by atoms with van der Waals surface area (Å²) in [5, 5.41) is 0.281. The molecule has 1 saturated carbocycles. The predicted molar refractivity (Wildman–Crippen MR) is 133 cm³/mol. The van der Waals surface area contributed by atoms with Crippen molar-refractivity contribution >= 4 is 43.5 Å². The largest absolute Gasteiger partial charge is 0.455 e. The average molecular weight is 516 g/mol. The number of fused-ring (bicyclic) bond motifs is 1. The number of H-pyrrole nitrogens is 1. The zero-order valence-corrected chi connectivity index (χ0v) is 20.5. The number of anilines is 1. The molecular formula is C25H23ClFN3O4S. The van der Waals surface area contributed by atoms with Crippen molar-refractivity contribution in [3.63, 3.8) is 0 Å². The van der Waals surface area contributed by atoms with Crippen LogP contribution in [0.3, 0.4) is 0 Å². The number of aromatic nitrogens is 2. The van der Waals surface area contributed by atoms with Crippen molar-refractivity contribution in [2.45, 2.75) is 31.6 Å². The molecule has 0 spiro atoms. The Bertz CT molecular complexity index is 1490. The molecule has 35 heavy (non-hydrogen) atoms. The van der Waals surface area contributed by atoms with Crippen LogP contribution in [-0.4, -0.2) is 36.4 Å². The molecule has 0 bridgehead atoms. The fourth-order valence-electron chi connectivity index (χ4n) is 4.35. The Kier molecular flexibility index (Phi) is 6.14. The lowest BCUT2D eigenvalue weighted by Gasteiger charge is -2.25. The number of rotatable bonds is 9. The predicted octanol–water partition coefficient (Wildman–Crippen LogP) is 5.82. The Morgan fingerprint density at radius 2 is 2.00 bits per heavy atom. The molecular weight excluding hydrogens is 493 g/mol. The van der Waals surface area contributed by atoms with Gasteiger partial charge in [-0.1, -0.05) is 0 Å². The van der Waals surface area contributed by atoms with Gasteiger partial charge in [0.15, 0.2) is 0 Å². The molecule has 10 heteroatoms. The van der Waals surface area contributed by atoms with Crippen LogP contribution in [0.4, 0.5) is 10.1 Å². The average Bonchev–Trinajstić information content (AvgIpc) is 3.37. The van der Waals surface area contributed by atoms with E-state index in [9.17, 15) is 17.6 Å². The fourth-order valence-corrected chi connectivity index (χ4v) is 5.46. The molecule has 2 aromatic heterocycles. The van der Waals surface area contributed by atoms with Crippen molar-refractivity contribution < 1.29 is 22.0 Å². The number of aromatic amines is 1. The molecule has 182 valence electrons. The van der Waals surface area contributed by atoms with Gasteiger partial charge >= 0.3 is 0 Å². The zero-order chi connectivity index (χ0) is 24.7. The fraction of sp³-hybridized carbons (Fsp3) is 0.280. The number of furan rings is 1. The maximum Gasteiger partial charge on any atom is 0.232 e. The first-order valence-electron chi connectivity index (χ1n) is 11.2. The van der Waals surface area contributed by atoms with Crippen LogP contribution in [0.2, 0.25) is 0 Å². The number of sulfonamides is 1. The molecule has 0 aliphatic heterocycles. The van der Waals surface area contributed by atoms with Gasteiger partial charge in [-0.25, -0.2) is 17.8 Å². The highest BCUT2D eigenvalue weighted by atomic mass is 35.5. The van der Waals surface area contributed by atoms with Crippen LogP contribution in [0.15, 0.2) is 53.2 Å². The van der Waals surface area contributed by atoms with Gasteiger partial charge in [-0.05, 0) is 72.7 Å². The van der Waals surface area contributed by atoms with E-state index in [0.717, 1.165) is 35.6 Å². The van der Waals surface area contributed by atoms with Gasteiger partial charge in [0.2, 0.25) is 15.3 Å². The third-order valence-electron chi connectivity index (χ3n) is 6.10. The second-order valence-corrected chi connectivity index (χ2v) is 11.1. The highest BCUT2D eigenvalue weighted by Crippen LogP contribution is 2.49. The van der Waals surface area contributed by atoms with Crippen molar-refractivity contribution in [1.29, 1.82) is 0 Å². The van der Waals surface area contributed by atoms with Gasteiger partial charge in [0.05, 0.1) is 17.5 Å². The zero-order valence-electron chi connectivity index (χ0n) is 18.9. The number of hydrogen-bond acceptors (Lipinski definition) is 5. The number of nitrogens with zero attached hydrogens (tertiary/aromatic N) is 2. The Morgan fingerprint density at radius 1 is 1.26 bits per heavy atom. The number of imidazole rings is 1. The van der Waals surface area contributed by atoms with Gasteiger partial charge in [-0.2, -0.15) is 0 Å². The number of halogens is 2. The molecule has 0 unspecified atom stereocenters. The van der Waals surface area contributed by atoms with Gasteiger partial charge in [0, 0.05) is 42.4 Å². The minimum Gasteiger partial charge on any atom is -0.455 e. The SMILES string of the molecule is CS(=O)(=O)N(CCCC(=O)Cl)c1cc2oc(-c3ccc(F)cc3)c(-c3ncc[nH]3)c2cc1C1CC1. The lowest BCUT2D eigenvalue weighted by atomic mass is 10.0.